The van der Waals surface area contributed by atoms with Crippen molar-refractivity contribution in [3.05, 3.63) is 38.7 Å². The predicted octanol–water partition coefficient (Wildman–Crippen LogP) is 2.08. The summed E-state index contributed by atoms with van der Waals surface area (Å²) >= 11 is 8.37. The molecular formula is C11H8ClIN4O. The Morgan fingerprint density at radius 2 is 2.28 bits per heavy atom. The quantitative estimate of drug-likeness (QED) is 0.751. The molecule has 1 amide bonds. The van der Waals surface area contributed by atoms with E-state index in [4.69, 9.17) is 17.3 Å². The zero-order valence-electron chi connectivity index (χ0n) is 9.02. The Bertz CT molecular complexity index is 654. The summed E-state index contributed by atoms with van der Waals surface area (Å²) < 4.78 is 2.67. The summed E-state index contributed by atoms with van der Waals surface area (Å²) in [5, 5.41) is 7.43. The lowest BCUT2D eigenvalue weighted by atomic mass is 10.1. The lowest BCUT2D eigenvalue weighted by Crippen LogP contribution is -2.19. The second-order valence-corrected chi connectivity index (χ2v) is 5.61. The number of carbonyl (C=O) groups excluding carboxylic acids is 1. The minimum Gasteiger partial charge on any atom is -0.324 e. The van der Waals surface area contributed by atoms with Gasteiger partial charge in [0.15, 0.2) is 0 Å². The van der Waals surface area contributed by atoms with Crippen LogP contribution in [0.15, 0.2) is 24.5 Å². The van der Waals surface area contributed by atoms with Crippen LogP contribution in [0.4, 0.5) is 5.69 Å². The molecule has 1 aliphatic heterocycles. The molecule has 1 aliphatic rings. The largest absolute Gasteiger partial charge is 0.324 e. The maximum Gasteiger partial charge on any atom is 0.245 e. The number of amides is 1. The van der Waals surface area contributed by atoms with Gasteiger partial charge in [0.2, 0.25) is 5.91 Å². The molecular weight excluding hydrogens is 367 g/mol. The van der Waals surface area contributed by atoms with Crippen molar-refractivity contribution in [1.82, 2.24) is 9.78 Å². The number of halogens is 2. The first kappa shape index (κ1) is 11.9. The lowest BCUT2D eigenvalue weighted by molar-refractivity contribution is -0.116. The first-order valence-corrected chi connectivity index (χ1v) is 6.62. The molecule has 0 radical (unpaired) electrons. The molecule has 18 heavy (non-hydrogen) atoms. The number of aromatic nitrogens is 2. The number of benzene rings is 1. The second kappa shape index (κ2) is 4.22. The van der Waals surface area contributed by atoms with Crippen LogP contribution in [0.25, 0.3) is 5.69 Å². The molecule has 1 unspecified atom stereocenters. The second-order valence-electron chi connectivity index (χ2n) is 3.96. The Kier molecular flexibility index (Phi) is 2.80. The number of fused-ring (bicyclic) bond motifs is 1. The molecule has 0 aliphatic carbocycles. The van der Waals surface area contributed by atoms with Gasteiger partial charge in [-0.3, -0.25) is 4.79 Å². The van der Waals surface area contributed by atoms with E-state index in [1.54, 1.807) is 23.0 Å². The average Bonchev–Trinajstić information content (AvgIpc) is 2.86. The standard InChI is InChI=1S/C11H8ClIN4O/c12-7-1-6-8(16-11(18)10(6)14)2-9(7)17-4-5(13)3-15-17/h1-4,10H,14H2,(H,16,18). The lowest BCUT2D eigenvalue weighted by Gasteiger charge is -2.08. The fourth-order valence-corrected chi connectivity index (χ4v) is 2.55. The van der Waals surface area contributed by atoms with E-state index in [1.807, 2.05) is 6.20 Å². The SMILES string of the molecule is NC1C(=O)Nc2cc(-n3cc(I)cn3)c(Cl)cc21. The van der Waals surface area contributed by atoms with Crippen LogP contribution < -0.4 is 11.1 Å². The Hall–Kier alpha value is -1.12. The Balaban J connectivity index is 2.14. The highest BCUT2D eigenvalue weighted by molar-refractivity contribution is 14.1. The Morgan fingerprint density at radius 3 is 2.94 bits per heavy atom. The predicted molar refractivity (Wildman–Crippen MR) is 76.8 cm³/mol. The maximum absolute atomic E-state index is 11.5. The molecule has 0 bridgehead atoms. The fourth-order valence-electron chi connectivity index (χ4n) is 1.90. The van der Waals surface area contributed by atoms with E-state index in [0.717, 1.165) is 9.13 Å². The summed E-state index contributed by atoms with van der Waals surface area (Å²) in [4.78, 5) is 11.5. The fraction of sp³-hybridized carbons (Fsp3) is 0.0909. The van der Waals surface area contributed by atoms with Gasteiger partial charge >= 0.3 is 0 Å². The molecule has 1 aromatic heterocycles. The van der Waals surface area contributed by atoms with Crippen molar-refractivity contribution in [1.29, 1.82) is 0 Å². The van der Waals surface area contributed by atoms with Gasteiger partial charge in [0.25, 0.3) is 0 Å². The number of carbonyl (C=O) groups is 1. The van der Waals surface area contributed by atoms with Crippen LogP contribution in [-0.2, 0) is 4.79 Å². The summed E-state index contributed by atoms with van der Waals surface area (Å²) in [6.45, 7) is 0. The minimum absolute atomic E-state index is 0.215. The number of nitrogens with two attached hydrogens (primary N) is 1. The minimum atomic E-state index is -0.649. The Labute approximate surface area is 121 Å². The number of hydrogen-bond acceptors (Lipinski definition) is 3. The first-order chi connectivity index (χ1) is 8.56. The van der Waals surface area contributed by atoms with Crippen LogP contribution in [0, 0.1) is 3.57 Å². The summed E-state index contributed by atoms with van der Waals surface area (Å²) in [6, 6.07) is 2.85. The van der Waals surface area contributed by atoms with Crippen molar-refractivity contribution in [2.45, 2.75) is 6.04 Å². The van der Waals surface area contributed by atoms with Crippen LogP contribution in [0.1, 0.15) is 11.6 Å². The average molecular weight is 375 g/mol. The van der Waals surface area contributed by atoms with Gasteiger partial charge < -0.3 is 11.1 Å². The molecule has 0 saturated heterocycles. The van der Waals surface area contributed by atoms with Gasteiger partial charge in [-0.05, 0) is 34.7 Å². The molecule has 7 heteroatoms. The first-order valence-electron chi connectivity index (χ1n) is 5.16. The van der Waals surface area contributed by atoms with E-state index in [2.05, 4.69) is 33.0 Å². The van der Waals surface area contributed by atoms with Crippen molar-refractivity contribution < 1.29 is 4.79 Å². The third-order valence-corrected chi connectivity index (χ3v) is 3.65. The molecule has 0 fully saturated rings. The van der Waals surface area contributed by atoms with E-state index in [1.165, 1.54) is 0 Å². The summed E-state index contributed by atoms with van der Waals surface area (Å²) in [5.74, 6) is -0.215. The normalized spacial score (nSPS) is 17.7. The summed E-state index contributed by atoms with van der Waals surface area (Å²) in [7, 11) is 0. The monoisotopic (exact) mass is 374 g/mol. The summed E-state index contributed by atoms with van der Waals surface area (Å²) in [6.07, 6.45) is 3.58. The number of hydrogen-bond donors (Lipinski definition) is 2. The number of nitrogens with one attached hydrogen (secondary N) is 1. The van der Waals surface area contributed by atoms with Crippen LogP contribution in [0.5, 0.6) is 0 Å². The summed E-state index contributed by atoms with van der Waals surface area (Å²) in [5.41, 5.74) is 7.88. The van der Waals surface area contributed by atoms with Gasteiger partial charge in [-0.1, -0.05) is 11.6 Å². The van der Waals surface area contributed by atoms with Gasteiger partial charge in [0.1, 0.15) is 6.04 Å². The van der Waals surface area contributed by atoms with Crippen molar-refractivity contribution in [3.63, 3.8) is 0 Å². The number of anilines is 1. The van der Waals surface area contributed by atoms with Crippen LogP contribution >= 0.6 is 34.2 Å². The maximum atomic E-state index is 11.5. The molecule has 2 heterocycles. The van der Waals surface area contributed by atoms with Gasteiger partial charge in [-0.2, -0.15) is 5.10 Å². The molecule has 92 valence electrons. The molecule has 3 N–H and O–H groups in total. The molecule has 1 atom stereocenters. The molecule has 0 spiro atoms. The van der Waals surface area contributed by atoms with E-state index in [9.17, 15) is 4.79 Å². The van der Waals surface area contributed by atoms with Crippen molar-refractivity contribution >= 4 is 45.8 Å². The van der Waals surface area contributed by atoms with Gasteiger partial charge in [-0.15, -0.1) is 0 Å². The molecule has 2 aromatic rings. The molecule has 1 aromatic carbocycles. The van der Waals surface area contributed by atoms with Crippen molar-refractivity contribution in [2.75, 3.05) is 5.32 Å². The van der Waals surface area contributed by atoms with Gasteiger partial charge in [-0.25, -0.2) is 4.68 Å². The number of nitrogens with zero attached hydrogens (tertiary/aromatic N) is 2. The number of rotatable bonds is 1. The smallest absolute Gasteiger partial charge is 0.245 e. The van der Waals surface area contributed by atoms with E-state index in [-0.39, 0.29) is 5.91 Å². The zero-order valence-corrected chi connectivity index (χ0v) is 11.9. The van der Waals surface area contributed by atoms with E-state index in [0.29, 0.717) is 16.4 Å². The van der Waals surface area contributed by atoms with E-state index < -0.39 is 6.04 Å². The molecule has 0 saturated carbocycles. The molecule has 5 nitrogen and oxygen atoms in total. The third-order valence-electron chi connectivity index (χ3n) is 2.79. The van der Waals surface area contributed by atoms with Gasteiger partial charge in [0.05, 0.1) is 20.5 Å². The Morgan fingerprint density at radius 1 is 1.50 bits per heavy atom. The highest BCUT2D eigenvalue weighted by Gasteiger charge is 2.28. The van der Waals surface area contributed by atoms with Crippen molar-refractivity contribution in [3.8, 4) is 5.69 Å². The highest BCUT2D eigenvalue weighted by Crippen LogP contribution is 2.35. The van der Waals surface area contributed by atoms with Crippen molar-refractivity contribution in [2.24, 2.45) is 5.73 Å². The zero-order chi connectivity index (χ0) is 12.9. The van der Waals surface area contributed by atoms with Gasteiger partial charge in [0, 0.05) is 17.4 Å². The van der Waals surface area contributed by atoms with E-state index >= 15 is 0 Å². The van der Waals surface area contributed by atoms with Crippen LogP contribution in [0.2, 0.25) is 5.02 Å². The van der Waals surface area contributed by atoms with Crippen LogP contribution in [0.3, 0.4) is 0 Å². The molecule has 3 rings (SSSR count). The third kappa shape index (κ3) is 1.80. The van der Waals surface area contributed by atoms with Crippen LogP contribution in [-0.4, -0.2) is 15.7 Å². The topological polar surface area (TPSA) is 72.9 Å². The highest BCUT2D eigenvalue weighted by atomic mass is 127.